The van der Waals surface area contributed by atoms with Gasteiger partial charge in [0.05, 0.1) is 22.4 Å². The van der Waals surface area contributed by atoms with Gasteiger partial charge in [0.15, 0.2) is 5.69 Å². The molecule has 0 saturated carbocycles. The van der Waals surface area contributed by atoms with Gasteiger partial charge in [-0.1, -0.05) is 18.2 Å². The molecule has 0 amide bonds. The van der Waals surface area contributed by atoms with Gasteiger partial charge >= 0.3 is 5.69 Å². The first-order valence-electron chi connectivity index (χ1n) is 8.74. The van der Waals surface area contributed by atoms with E-state index in [0.29, 0.717) is 29.0 Å². The molecular formula is C19H18N6O3. The Kier molecular flexibility index (Phi) is 4.19. The smallest absolute Gasteiger partial charge is 0.326 e. The quantitative estimate of drug-likeness (QED) is 0.473. The number of aromatic hydroxyl groups is 1. The Labute approximate surface area is 158 Å². The Morgan fingerprint density at radius 3 is 2.57 bits per heavy atom. The Hall–Kier alpha value is -3.88. The average molecular weight is 378 g/mol. The Balaban J connectivity index is 1.76. The summed E-state index contributed by atoms with van der Waals surface area (Å²) in [6, 6.07) is 12.1. The number of benzene rings is 2. The van der Waals surface area contributed by atoms with E-state index in [1.807, 2.05) is 25.1 Å². The monoisotopic (exact) mass is 378 g/mol. The lowest BCUT2D eigenvalue weighted by atomic mass is 10.2. The second-order valence-electron chi connectivity index (χ2n) is 6.29. The van der Waals surface area contributed by atoms with Crippen molar-refractivity contribution in [3.8, 4) is 11.4 Å². The van der Waals surface area contributed by atoms with Crippen LogP contribution < -0.4 is 11.2 Å². The first-order chi connectivity index (χ1) is 13.5. The number of nitrogens with one attached hydrogen (secondary N) is 2. The highest BCUT2D eigenvalue weighted by atomic mass is 16.3. The third kappa shape index (κ3) is 2.82. The van der Waals surface area contributed by atoms with Crippen LogP contribution in [-0.4, -0.2) is 24.4 Å². The molecule has 0 saturated heterocycles. The van der Waals surface area contributed by atoms with Gasteiger partial charge in [-0.3, -0.25) is 14.5 Å². The molecule has 3 N–H and O–H groups in total. The van der Waals surface area contributed by atoms with E-state index in [-0.39, 0.29) is 28.4 Å². The first kappa shape index (κ1) is 17.5. The van der Waals surface area contributed by atoms with Crippen LogP contribution in [0, 0.1) is 6.92 Å². The molecule has 9 heteroatoms. The summed E-state index contributed by atoms with van der Waals surface area (Å²) in [7, 11) is 0. The van der Waals surface area contributed by atoms with E-state index in [1.165, 1.54) is 21.4 Å². The van der Waals surface area contributed by atoms with Gasteiger partial charge in [-0.25, -0.2) is 9.48 Å². The van der Waals surface area contributed by atoms with E-state index in [1.54, 1.807) is 19.1 Å². The van der Waals surface area contributed by atoms with Gasteiger partial charge in [-0.2, -0.15) is 0 Å². The number of hydrogen-bond acceptors (Lipinski definition) is 5. The zero-order chi connectivity index (χ0) is 19.8. The molecule has 2 heterocycles. The standard InChI is InChI=1S/C19H18N6O3/c1-3-24-15-10-16(26)14(9-13(15)20-19(24)28)21-22-17-11(2)23-25(18(17)27)12-7-5-4-6-8-12/h4-10,23,26H,3H2,1-2H3,(H,20,28). The number of rotatable bonds is 4. The predicted molar refractivity (Wildman–Crippen MR) is 105 cm³/mol. The normalized spacial score (nSPS) is 11.6. The Bertz CT molecular complexity index is 1310. The van der Waals surface area contributed by atoms with E-state index in [0.717, 1.165) is 0 Å². The molecule has 9 nitrogen and oxygen atoms in total. The minimum absolute atomic E-state index is 0.131. The zero-order valence-electron chi connectivity index (χ0n) is 15.3. The van der Waals surface area contributed by atoms with Crippen LogP contribution in [0.5, 0.6) is 5.75 Å². The maximum atomic E-state index is 12.7. The molecule has 0 aliphatic carbocycles. The number of aromatic amines is 2. The Morgan fingerprint density at radius 2 is 1.86 bits per heavy atom. The highest BCUT2D eigenvalue weighted by Gasteiger charge is 2.13. The minimum atomic E-state index is -0.349. The Morgan fingerprint density at radius 1 is 1.11 bits per heavy atom. The van der Waals surface area contributed by atoms with E-state index < -0.39 is 0 Å². The lowest BCUT2D eigenvalue weighted by Gasteiger charge is -2.01. The number of imidazole rings is 1. The lowest BCUT2D eigenvalue weighted by Crippen LogP contribution is -2.14. The molecule has 142 valence electrons. The second-order valence-corrected chi connectivity index (χ2v) is 6.29. The number of nitrogens with zero attached hydrogens (tertiary/aromatic N) is 4. The summed E-state index contributed by atoms with van der Waals surface area (Å²) in [6.45, 7) is 4.03. The first-order valence-corrected chi connectivity index (χ1v) is 8.74. The molecule has 4 rings (SSSR count). The van der Waals surface area contributed by atoms with Gasteiger partial charge in [0.2, 0.25) is 0 Å². The summed E-state index contributed by atoms with van der Waals surface area (Å²) in [5.74, 6) is -0.131. The maximum Gasteiger partial charge on any atom is 0.326 e. The molecule has 0 aliphatic heterocycles. The van der Waals surface area contributed by atoms with Crippen LogP contribution in [0.4, 0.5) is 11.4 Å². The predicted octanol–water partition coefficient (Wildman–Crippen LogP) is 3.26. The molecule has 28 heavy (non-hydrogen) atoms. The van der Waals surface area contributed by atoms with Crippen molar-refractivity contribution in [3.63, 3.8) is 0 Å². The number of fused-ring (bicyclic) bond motifs is 1. The highest BCUT2D eigenvalue weighted by molar-refractivity contribution is 5.82. The van der Waals surface area contributed by atoms with Crippen LogP contribution in [0.25, 0.3) is 16.7 Å². The zero-order valence-corrected chi connectivity index (χ0v) is 15.3. The van der Waals surface area contributed by atoms with Gasteiger partial charge < -0.3 is 10.1 Å². The minimum Gasteiger partial charge on any atom is -0.506 e. The number of para-hydroxylation sites is 1. The molecule has 2 aromatic carbocycles. The van der Waals surface area contributed by atoms with Crippen LogP contribution in [0.15, 0.2) is 62.3 Å². The molecule has 2 aromatic heterocycles. The van der Waals surface area contributed by atoms with Crippen molar-refractivity contribution in [1.29, 1.82) is 0 Å². The van der Waals surface area contributed by atoms with E-state index >= 15 is 0 Å². The molecular weight excluding hydrogens is 360 g/mol. The van der Waals surface area contributed by atoms with E-state index in [2.05, 4.69) is 20.3 Å². The highest BCUT2D eigenvalue weighted by Crippen LogP contribution is 2.32. The van der Waals surface area contributed by atoms with Gasteiger partial charge in [-0.15, -0.1) is 10.2 Å². The average Bonchev–Trinajstić information content (AvgIpc) is 3.15. The molecule has 0 unspecified atom stereocenters. The van der Waals surface area contributed by atoms with Crippen molar-refractivity contribution < 1.29 is 5.11 Å². The van der Waals surface area contributed by atoms with Gasteiger partial charge in [0.1, 0.15) is 11.4 Å². The van der Waals surface area contributed by atoms with Crippen LogP contribution in [0.2, 0.25) is 0 Å². The summed E-state index contributed by atoms with van der Waals surface area (Å²) in [4.78, 5) is 27.3. The summed E-state index contributed by atoms with van der Waals surface area (Å²) in [6.07, 6.45) is 0. The van der Waals surface area contributed by atoms with Crippen molar-refractivity contribution in [1.82, 2.24) is 19.3 Å². The lowest BCUT2D eigenvalue weighted by molar-refractivity contribution is 0.477. The van der Waals surface area contributed by atoms with Gasteiger partial charge in [-0.05, 0) is 32.0 Å². The molecule has 0 atom stereocenters. The number of H-pyrrole nitrogens is 2. The van der Waals surface area contributed by atoms with E-state index in [9.17, 15) is 14.7 Å². The second kappa shape index (κ2) is 6.69. The number of aryl methyl sites for hydroxylation is 2. The van der Waals surface area contributed by atoms with Crippen molar-refractivity contribution in [2.45, 2.75) is 20.4 Å². The molecule has 0 aliphatic rings. The van der Waals surface area contributed by atoms with Crippen LogP contribution in [0.3, 0.4) is 0 Å². The number of aromatic nitrogens is 4. The fourth-order valence-corrected chi connectivity index (χ4v) is 3.09. The van der Waals surface area contributed by atoms with Crippen molar-refractivity contribution in [2.24, 2.45) is 10.2 Å². The fraction of sp³-hybridized carbons (Fsp3) is 0.158. The molecule has 0 fully saturated rings. The van der Waals surface area contributed by atoms with Gasteiger partial charge in [0.25, 0.3) is 5.56 Å². The third-order valence-electron chi connectivity index (χ3n) is 4.50. The van der Waals surface area contributed by atoms with Crippen LogP contribution >= 0.6 is 0 Å². The SMILES string of the molecule is CCn1c(=O)[nH]c2cc(N=Nc3c(C)[nH]n(-c4ccccc4)c3=O)c(O)cc21. The van der Waals surface area contributed by atoms with Crippen molar-refractivity contribution >= 4 is 22.4 Å². The largest absolute Gasteiger partial charge is 0.506 e. The number of phenolic OH excluding ortho intramolecular Hbond substituents is 1. The topological polar surface area (TPSA) is 121 Å². The maximum absolute atomic E-state index is 12.7. The van der Waals surface area contributed by atoms with Crippen molar-refractivity contribution in [2.75, 3.05) is 0 Å². The van der Waals surface area contributed by atoms with Crippen LogP contribution in [0.1, 0.15) is 12.6 Å². The molecule has 0 spiro atoms. The van der Waals surface area contributed by atoms with Crippen LogP contribution in [-0.2, 0) is 6.54 Å². The van der Waals surface area contributed by atoms with E-state index in [4.69, 9.17) is 0 Å². The number of phenols is 1. The van der Waals surface area contributed by atoms with Crippen molar-refractivity contribution in [3.05, 3.63) is 69.0 Å². The van der Waals surface area contributed by atoms with Gasteiger partial charge in [0, 0.05) is 12.6 Å². The molecule has 0 radical (unpaired) electrons. The summed E-state index contributed by atoms with van der Waals surface area (Å²) < 4.78 is 2.89. The molecule has 4 aromatic rings. The number of azo groups is 1. The molecule has 0 bridgehead atoms. The third-order valence-corrected chi connectivity index (χ3v) is 4.50. The number of hydrogen-bond donors (Lipinski definition) is 3. The summed E-state index contributed by atoms with van der Waals surface area (Å²) in [5, 5.41) is 21.3. The fourth-order valence-electron chi connectivity index (χ4n) is 3.09. The summed E-state index contributed by atoms with van der Waals surface area (Å²) >= 11 is 0. The summed E-state index contributed by atoms with van der Waals surface area (Å²) in [5.41, 5.74) is 2.02.